The Morgan fingerprint density at radius 1 is 0.471 bits per heavy atom. The molecule has 0 saturated carbocycles. The molecule has 2 radical (unpaired) electrons. The first-order valence-corrected chi connectivity index (χ1v) is 50.1. The third kappa shape index (κ3) is 58.4. The van der Waals surface area contributed by atoms with E-state index in [2.05, 4.69) is 52.2 Å². The van der Waals surface area contributed by atoms with Gasteiger partial charge >= 0.3 is 0 Å². The summed E-state index contributed by atoms with van der Waals surface area (Å²) in [7, 11) is 3.31. The number of phenolic OH excluding ortho intramolecular Hbond substituents is 1. The second-order valence-electron chi connectivity index (χ2n) is 35.6. The van der Waals surface area contributed by atoms with Crippen LogP contribution in [-0.2, 0) is 158 Å². The number of nitrogens with one attached hydrogen (secondary N) is 7. The van der Waals surface area contributed by atoms with Crippen LogP contribution >= 0.6 is 23.5 Å². The average Bonchev–Trinajstić information content (AvgIpc) is 1.69. The van der Waals surface area contributed by atoms with Gasteiger partial charge in [0.1, 0.15) is 46.5 Å². The van der Waals surface area contributed by atoms with Crippen molar-refractivity contribution in [1.29, 1.82) is 0 Å². The molecule has 0 unspecified atom stereocenters. The van der Waals surface area contributed by atoms with E-state index in [1.54, 1.807) is 36.0 Å². The van der Waals surface area contributed by atoms with Crippen molar-refractivity contribution in [3.8, 4) is 5.75 Å². The number of benzene rings is 1. The number of hydrogen-bond donors (Lipinski definition) is 17. The Balaban J connectivity index is -0.00000204. The zero-order chi connectivity index (χ0) is 102. The molecule has 1 aromatic rings. The number of primary amides is 1. The summed E-state index contributed by atoms with van der Waals surface area (Å²) in [5, 5.41) is 29.9. The Hall–Kier alpha value is -7.56. The number of nitrogens with zero attached hydrogens (tertiary/aromatic N) is 5. The van der Waals surface area contributed by atoms with Crippen molar-refractivity contribution in [2.24, 2.45) is 102 Å². The van der Waals surface area contributed by atoms with Gasteiger partial charge < -0.3 is 115 Å². The molecule has 30 N–H and O–H groups in total. The number of amides is 5. The molecule has 0 spiro atoms. The number of aromatic hydroxyl groups is 1. The number of aliphatic imine (C=N–C) groups is 3. The monoisotopic (exact) mass is 2160 g/mol. The first-order valence-electron chi connectivity index (χ1n) is 47.8. The number of thioether (sulfide) groups is 2. The summed E-state index contributed by atoms with van der Waals surface area (Å²) in [6, 6.07) is -0.624. The molecule has 788 valence electrons. The zero-order valence-electron chi connectivity index (χ0n) is 83.4. The predicted octanol–water partition coefficient (Wildman–Crippen LogP) is 2.09. The van der Waals surface area contributed by atoms with Gasteiger partial charge in [0.05, 0.1) is 80.5 Å². The van der Waals surface area contributed by atoms with Crippen LogP contribution in [0.15, 0.2) is 39.2 Å². The maximum absolute atomic E-state index is 13.8. The van der Waals surface area contributed by atoms with E-state index in [-0.39, 0.29) is 341 Å². The van der Waals surface area contributed by atoms with Gasteiger partial charge in [-0.3, -0.25) is 102 Å². The maximum Gasteiger partial charge on any atom is 0.240 e. The van der Waals surface area contributed by atoms with Crippen molar-refractivity contribution in [3.05, 3.63) is 42.1 Å². The third-order valence-corrected chi connectivity index (χ3v) is 26.8. The minimum atomic E-state index is -1.06. The van der Waals surface area contributed by atoms with Gasteiger partial charge in [0, 0.05) is 185 Å². The van der Waals surface area contributed by atoms with Crippen LogP contribution in [0.4, 0.5) is 0 Å². The van der Waals surface area contributed by atoms with Gasteiger partial charge in [0.2, 0.25) is 29.5 Å². The van der Waals surface area contributed by atoms with Gasteiger partial charge in [0.25, 0.3) is 0 Å². The van der Waals surface area contributed by atoms with Crippen LogP contribution in [0.25, 0.3) is 12.3 Å². The number of carbonyl (C=O) groups excluding carboxylic acids is 18. The molecular formula is C94H161N23O19S2Y2-4. The molecular weight excluding hydrogens is 2000 g/mol. The Labute approximate surface area is 885 Å². The van der Waals surface area contributed by atoms with E-state index in [1.165, 1.54) is 35.7 Å². The minimum Gasteiger partial charge on any atom is -0.693 e. The fourth-order valence-corrected chi connectivity index (χ4v) is 17.4. The summed E-state index contributed by atoms with van der Waals surface area (Å²) in [5.74, 6) is -5.66. The molecule has 3 fully saturated rings. The van der Waals surface area contributed by atoms with Gasteiger partial charge in [0.15, 0.2) is 46.8 Å². The van der Waals surface area contributed by atoms with Gasteiger partial charge in [-0.15, -0.1) is 0 Å². The number of ketones is 11. The number of phenols is 1. The Kier molecular flexibility index (Phi) is 76.9. The van der Waals surface area contributed by atoms with E-state index in [0.29, 0.717) is 127 Å². The van der Waals surface area contributed by atoms with Gasteiger partial charge in [-0.25, -0.2) is 12.6 Å². The summed E-state index contributed by atoms with van der Waals surface area (Å²) in [6.45, 7) is 12.9. The average molecular weight is 2160 g/mol. The predicted molar refractivity (Wildman–Crippen MR) is 538 cm³/mol. The standard InChI is InChI=1S/C40H64N8O8.C31H54N7O6S.C23H39N6O5S.2H2N.2Y/c1-3-25(2)37-34(52)19-11-27(7-4-5-21-41)35(53)24-46-31(17-15-30(50)16-20-36(54)48-37)33(51)18-12-28(8-6-22-45-40(43)44)39(56)47-32(38(42)55)23-26-9-13-29(49)14-10-26;1-4-21(2)30-26(41)12-10-22(8-5-6-14-32)27(42)16-36-25(20-45-19-24(40)11-13-29(44)37-30)28(43)17-38(3)23(18-39)9-7-15-35-31(33)34;1-4-15(2)22-19(32)10-27-18(14-35-13-17(31)7-8-21(34)28-22)20(33)11-29(3)16(12-30)6-5-9-26-23(24)25;;;;/h9-10,13-14,25,27-28,31-32,37,46,49H,3-8,11-12,15-24,41H2,1-2H3,(H2,42,55)(H,47,56)(H,48,54)(H4,43,44,45);21-23,25,30,36H,4-17,19-20,32H2,1-3H3,(H,37,44)(H4,33,34,35);15-16,18,22,27H,4-11,13-14H2,1-3H3,(H,28,34)(H4,24,25,26);2*1H2;;/q;4*-1;;/t25-,27+,28+,31-,32-,37-;21-,22+,23-,25-,30-;15-,16-,18-,22-;;;;/m000..../s1. The van der Waals surface area contributed by atoms with Crippen molar-refractivity contribution < 1.29 is 157 Å². The van der Waals surface area contributed by atoms with E-state index < -0.39 is 89.9 Å². The maximum atomic E-state index is 13.8. The molecule has 0 aliphatic carbocycles. The van der Waals surface area contributed by atoms with Crippen molar-refractivity contribution in [2.45, 2.75) is 289 Å². The number of hydrogen-bond acceptors (Lipinski definition) is 31. The second kappa shape index (κ2) is 78.8. The molecule has 4 rings (SSSR count). The van der Waals surface area contributed by atoms with E-state index in [9.17, 15) is 91.4 Å². The minimum absolute atomic E-state index is 0. The summed E-state index contributed by atoms with van der Waals surface area (Å²) < 4.78 is 0. The van der Waals surface area contributed by atoms with E-state index in [4.69, 9.17) is 51.6 Å². The SMILES string of the molecule is CC[C@H](C)[C@@H]1NC(=O)CCC(=O)CC[C@@H](C(=O)CC[C@@H](CCCN=C(N)N)C(=O)N[C@@H](Cc2ccc(O)cc2)C(N)=O)NCC(=O)[C@H](CCCCN)CCC1=O.CC[C@H](C)[C@@H]1NC(=O)CCC(=O)CSC[C@@H](C(=O)CN(C)[C@H]([C-]=O)CCCN=C(N)N)NCC(=O)[C@H](CCCCN)CCC1=O.CC[C@H](C)[C@@H]1NC(=O)CCC(=O)CSC[C@@H](C(=O)CN(C)[C@H]([C-]=O)CCCN=C(N)N)NCC1=O.[NH2-].[NH2-].[Y].[Y]. The summed E-state index contributed by atoms with van der Waals surface area (Å²) in [6.07, 6.45) is 13.4. The zero-order valence-corrected chi connectivity index (χ0v) is 90.7. The molecule has 3 heterocycles. The fraction of sp³-hybridized carbons (Fsp3) is 0.713. The van der Waals surface area contributed by atoms with E-state index in [0.717, 1.165) is 12.8 Å². The Morgan fingerprint density at radius 2 is 0.843 bits per heavy atom. The largest absolute Gasteiger partial charge is 0.693 e. The summed E-state index contributed by atoms with van der Waals surface area (Å²) >= 11 is 2.53. The molecule has 3 aliphatic heterocycles. The first kappa shape index (κ1) is 137. The van der Waals surface area contributed by atoms with Crippen LogP contribution in [0, 0.1) is 35.5 Å². The molecule has 3 aliphatic rings. The van der Waals surface area contributed by atoms with Crippen LogP contribution in [-0.4, -0.2) is 295 Å². The molecule has 1 aromatic carbocycles. The van der Waals surface area contributed by atoms with E-state index >= 15 is 0 Å². The van der Waals surface area contributed by atoms with Gasteiger partial charge in [-0.05, 0) is 140 Å². The number of unbranched alkanes of at least 4 members (excludes halogenated alkanes) is 2. The molecule has 0 aromatic heterocycles. The van der Waals surface area contributed by atoms with E-state index in [1.807, 2.05) is 54.1 Å². The number of carbonyl (C=O) groups is 16. The molecule has 46 heteroatoms. The van der Waals surface area contributed by atoms with Crippen LogP contribution in [0.5, 0.6) is 5.75 Å². The van der Waals surface area contributed by atoms with Crippen molar-refractivity contribution in [3.63, 3.8) is 0 Å². The fourth-order valence-electron chi connectivity index (χ4n) is 15.4. The van der Waals surface area contributed by atoms with Crippen LogP contribution in [0.1, 0.15) is 233 Å². The quantitative estimate of drug-likeness (QED) is 0.0192. The van der Waals surface area contributed by atoms with Gasteiger partial charge in [-0.1, -0.05) is 111 Å². The second-order valence-corrected chi connectivity index (χ2v) is 37.6. The van der Waals surface area contributed by atoms with Crippen LogP contribution in [0.2, 0.25) is 0 Å². The number of likely N-dealkylation sites (N-methyl/N-ethyl adjacent to an activating group) is 2. The summed E-state index contributed by atoms with van der Waals surface area (Å²) in [5.41, 5.74) is 49.9. The third-order valence-electron chi connectivity index (χ3n) is 24.6. The Morgan fingerprint density at radius 3 is 1.21 bits per heavy atom. The van der Waals surface area contributed by atoms with Crippen molar-refractivity contribution in [1.82, 2.24) is 47.0 Å². The number of rotatable bonds is 45. The Bertz CT molecular complexity index is 4080. The number of nitrogens with two attached hydrogens (primary N) is 11. The normalized spacial score (nSPS) is 21.1. The molecule has 3 saturated heterocycles. The molecule has 0 bridgehead atoms. The molecule has 5 amide bonds. The van der Waals surface area contributed by atoms with Gasteiger partial charge in [-0.2, -0.15) is 23.5 Å². The summed E-state index contributed by atoms with van der Waals surface area (Å²) in [4.78, 5) is 246. The number of Topliss-reactive ketones (excluding diaryl/α,β-unsaturated/α-hetero) is 11. The topological polar surface area (TPSA) is 756 Å². The first-order chi connectivity index (χ1) is 64.6. The number of guanidine groups is 3. The smallest absolute Gasteiger partial charge is 0.240 e. The van der Waals surface area contributed by atoms with Crippen LogP contribution < -0.4 is 88.8 Å². The molecule has 140 heavy (non-hydrogen) atoms. The van der Waals surface area contributed by atoms with Crippen molar-refractivity contribution >= 4 is 147 Å². The van der Waals surface area contributed by atoms with Crippen molar-refractivity contribution in [2.75, 3.05) is 103 Å². The molecule has 15 atom stereocenters. The molecule has 42 nitrogen and oxygen atoms in total. The van der Waals surface area contributed by atoms with Crippen LogP contribution in [0.3, 0.4) is 0 Å².